The number of hydrogen-bond donors (Lipinski definition) is 3. The molecular formula is C23H35N7O. The number of nitrogens with one attached hydrogen (secondary N) is 3. The van der Waals surface area contributed by atoms with Crippen LogP contribution in [0.5, 0.6) is 0 Å². The zero-order valence-electron chi connectivity index (χ0n) is 19.3. The number of aromatic nitrogens is 4. The summed E-state index contributed by atoms with van der Waals surface area (Å²) in [5, 5.41) is 13.7. The molecule has 2 fully saturated rings. The number of carbonyl (C=O) groups is 1. The predicted octanol–water partition coefficient (Wildman–Crippen LogP) is 3.34. The van der Waals surface area contributed by atoms with E-state index in [4.69, 9.17) is 0 Å². The number of nitrogens with zero attached hydrogens (tertiary/aromatic N) is 4. The lowest BCUT2D eigenvalue weighted by Crippen LogP contribution is -2.49. The first-order valence-corrected chi connectivity index (χ1v) is 11.4. The van der Waals surface area contributed by atoms with Crippen LogP contribution in [0.15, 0.2) is 12.4 Å². The second-order valence-corrected chi connectivity index (χ2v) is 9.52. The van der Waals surface area contributed by atoms with Gasteiger partial charge in [-0.05, 0) is 51.9 Å². The number of amides is 1. The quantitative estimate of drug-likeness (QED) is 0.600. The monoisotopic (exact) mass is 425 g/mol. The molecule has 2 aromatic heterocycles. The Balaban J connectivity index is 1.62. The van der Waals surface area contributed by atoms with Crippen molar-refractivity contribution in [2.45, 2.75) is 78.4 Å². The molecule has 0 aromatic carbocycles. The van der Waals surface area contributed by atoms with Gasteiger partial charge in [-0.3, -0.25) is 9.89 Å². The molecule has 168 valence electrons. The molecule has 2 aliphatic heterocycles. The molecule has 2 bridgehead atoms. The van der Waals surface area contributed by atoms with Crippen molar-refractivity contribution in [2.75, 3.05) is 17.3 Å². The van der Waals surface area contributed by atoms with Gasteiger partial charge in [0.2, 0.25) is 5.91 Å². The van der Waals surface area contributed by atoms with Crippen LogP contribution in [0.1, 0.15) is 62.9 Å². The summed E-state index contributed by atoms with van der Waals surface area (Å²) >= 11 is 0. The maximum Gasteiger partial charge on any atom is 0.228 e. The van der Waals surface area contributed by atoms with E-state index in [0.29, 0.717) is 18.5 Å². The molecule has 0 saturated carbocycles. The van der Waals surface area contributed by atoms with Crippen molar-refractivity contribution in [1.29, 1.82) is 0 Å². The van der Waals surface area contributed by atoms with Gasteiger partial charge in [0.15, 0.2) is 11.6 Å². The Labute approximate surface area is 184 Å². The minimum atomic E-state index is -0.402. The second kappa shape index (κ2) is 8.48. The van der Waals surface area contributed by atoms with Gasteiger partial charge < -0.3 is 15.5 Å². The van der Waals surface area contributed by atoms with E-state index in [0.717, 1.165) is 60.7 Å². The molecule has 3 atom stereocenters. The summed E-state index contributed by atoms with van der Waals surface area (Å²) in [7, 11) is 1.87. The van der Waals surface area contributed by atoms with Crippen LogP contribution in [0.4, 0.5) is 11.6 Å². The van der Waals surface area contributed by atoms with Crippen molar-refractivity contribution in [1.82, 2.24) is 25.5 Å². The molecular weight excluding hydrogens is 390 g/mol. The van der Waals surface area contributed by atoms with Gasteiger partial charge in [0, 0.05) is 49.3 Å². The van der Waals surface area contributed by atoms with Gasteiger partial charge in [-0.15, -0.1) is 0 Å². The molecule has 8 heteroatoms. The van der Waals surface area contributed by atoms with E-state index in [1.54, 1.807) is 12.4 Å². The first kappa shape index (κ1) is 21.6. The Morgan fingerprint density at radius 2 is 2.06 bits per heavy atom. The van der Waals surface area contributed by atoms with Crippen molar-refractivity contribution in [3.05, 3.63) is 29.3 Å². The Bertz CT molecular complexity index is 920. The Morgan fingerprint density at radius 3 is 2.74 bits per heavy atom. The number of anilines is 2. The summed E-state index contributed by atoms with van der Waals surface area (Å²) in [6.45, 7) is 8.96. The second-order valence-electron chi connectivity index (χ2n) is 9.52. The molecule has 0 aliphatic carbocycles. The minimum Gasteiger partial charge on any atom is -0.370 e. The van der Waals surface area contributed by atoms with Crippen LogP contribution in [-0.4, -0.2) is 45.2 Å². The average molecular weight is 426 g/mol. The molecule has 0 unspecified atom stereocenters. The number of aryl methyl sites for hydroxylation is 2. The van der Waals surface area contributed by atoms with Crippen LogP contribution >= 0.6 is 0 Å². The summed E-state index contributed by atoms with van der Waals surface area (Å²) in [5.41, 5.74) is 2.64. The van der Waals surface area contributed by atoms with Gasteiger partial charge in [-0.1, -0.05) is 13.8 Å². The fourth-order valence-corrected chi connectivity index (χ4v) is 5.55. The molecule has 0 radical (unpaired) electrons. The maximum atomic E-state index is 13.8. The van der Waals surface area contributed by atoms with E-state index in [-0.39, 0.29) is 11.9 Å². The molecule has 0 spiro atoms. The summed E-state index contributed by atoms with van der Waals surface area (Å²) in [4.78, 5) is 25.3. The van der Waals surface area contributed by atoms with Crippen molar-refractivity contribution in [3.8, 4) is 0 Å². The lowest BCUT2D eigenvalue weighted by atomic mass is 9.69. The lowest BCUT2D eigenvalue weighted by Gasteiger charge is -2.37. The van der Waals surface area contributed by atoms with Crippen LogP contribution in [-0.2, 0) is 11.3 Å². The van der Waals surface area contributed by atoms with Crippen molar-refractivity contribution in [2.24, 2.45) is 11.3 Å². The molecule has 3 N–H and O–H groups in total. The van der Waals surface area contributed by atoms with Crippen LogP contribution in [0, 0.1) is 25.2 Å². The fraction of sp³-hybridized carbons (Fsp3) is 0.652. The van der Waals surface area contributed by atoms with Crippen LogP contribution in [0.25, 0.3) is 0 Å². The summed E-state index contributed by atoms with van der Waals surface area (Å²) in [6.07, 6.45) is 8.37. The summed E-state index contributed by atoms with van der Waals surface area (Å²) in [6, 6.07) is 0.468. The van der Waals surface area contributed by atoms with Gasteiger partial charge in [-0.25, -0.2) is 9.97 Å². The average Bonchev–Trinajstić information content (AvgIpc) is 3.42. The van der Waals surface area contributed by atoms with E-state index < -0.39 is 5.41 Å². The number of aromatic amines is 1. The third kappa shape index (κ3) is 3.77. The number of fused-ring (bicyclic) bond motifs is 2. The van der Waals surface area contributed by atoms with Gasteiger partial charge in [0.1, 0.15) is 0 Å². The molecule has 2 saturated heterocycles. The third-order valence-electron chi connectivity index (χ3n) is 7.23. The topological polar surface area (TPSA) is 98.8 Å². The highest BCUT2D eigenvalue weighted by atomic mass is 16.2. The molecule has 4 heterocycles. The number of hydrogen-bond acceptors (Lipinski definition) is 6. The van der Waals surface area contributed by atoms with Crippen molar-refractivity contribution < 1.29 is 4.79 Å². The minimum absolute atomic E-state index is 0.145. The molecule has 31 heavy (non-hydrogen) atoms. The normalized spacial score (nSPS) is 24.8. The molecule has 2 aliphatic rings. The Morgan fingerprint density at radius 1 is 1.29 bits per heavy atom. The summed E-state index contributed by atoms with van der Waals surface area (Å²) < 4.78 is 0. The fourth-order valence-electron chi connectivity index (χ4n) is 5.55. The molecule has 4 rings (SSSR count). The highest BCUT2D eigenvalue weighted by molar-refractivity contribution is 5.86. The third-order valence-corrected chi connectivity index (χ3v) is 7.23. The van der Waals surface area contributed by atoms with Crippen LogP contribution in [0.3, 0.4) is 0 Å². The first-order valence-electron chi connectivity index (χ1n) is 11.4. The first-order chi connectivity index (χ1) is 14.9. The van der Waals surface area contributed by atoms with E-state index in [1.165, 1.54) is 0 Å². The maximum absolute atomic E-state index is 13.8. The highest BCUT2D eigenvalue weighted by Crippen LogP contribution is 2.54. The molecule has 2 aromatic rings. The Kier molecular flexibility index (Phi) is 5.90. The summed E-state index contributed by atoms with van der Waals surface area (Å²) in [5.74, 6) is 2.38. The van der Waals surface area contributed by atoms with Crippen LogP contribution < -0.4 is 15.5 Å². The van der Waals surface area contributed by atoms with Crippen molar-refractivity contribution >= 4 is 17.5 Å². The Hall–Kier alpha value is -2.64. The van der Waals surface area contributed by atoms with Gasteiger partial charge in [0.05, 0.1) is 11.1 Å². The SMILES string of the molecule is CNc1nccnc1N1[C@@H]2CC[C@H]1[C@@](CCC(C)C)(C(=O)NCc1c(C)n[nH]c1C)C2. The van der Waals surface area contributed by atoms with E-state index >= 15 is 0 Å². The largest absolute Gasteiger partial charge is 0.370 e. The number of carbonyl (C=O) groups excluding carboxylic acids is 1. The molecule has 8 nitrogen and oxygen atoms in total. The van der Waals surface area contributed by atoms with Crippen molar-refractivity contribution in [3.63, 3.8) is 0 Å². The predicted molar refractivity (Wildman–Crippen MR) is 122 cm³/mol. The van der Waals surface area contributed by atoms with Gasteiger partial charge in [0.25, 0.3) is 0 Å². The number of rotatable bonds is 8. The highest BCUT2D eigenvalue weighted by Gasteiger charge is 2.60. The van der Waals surface area contributed by atoms with E-state index in [9.17, 15) is 4.79 Å². The van der Waals surface area contributed by atoms with Gasteiger partial charge >= 0.3 is 0 Å². The molecule has 1 amide bonds. The van der Waals surface area contributed by atoms with Crippen LogP contribution in [0.2, 0.25) is 0 Å². The zero-order chi connectivity index (χ0) is 22.2. The van der Waals surface area contributed by atoms with E-state index in [2.05, 4.69) is 49.5 Å². The van der Waals surface area contributed by atoms with Gasteiger partial charge in [-0.2, -0.15) is 5.10 Å². The zero-order valence-corrected chi connectivity index (χ0v) is 19.3. The van der Waals surface area contributed by atoms with E-state index in [1.807, 2.05) is 20.9 Å². The standard InChI is InChI=1S/C23H35N7O/c1-14(2)8-9-23(22(31)27-13-18-15(3)28-29-16(18)4)12-17-6-7-19(23)30(17)21-20(24-5)25-10-11-26-21/h10-11,14,17,19H,6-9,12-13H2,1-5H3,(H,24,25)(H,27,31)(H,28,29)/t17-,19+,23+/m1/s1. The number of H-pyrrole nitrogens is 1. The lowest BCUT2D eigenvalue weighted by molar-refractivity contribution is -0.133. The smallest absolute Gasteiger partial charge is 0.228 e.